The highest BCUT2D eigenvalue weighted by Crippen LogP contribution is 2.24. The SMILES string of the molecule is CCn1nc(C)cc1S(=O)(=O)N1CC[C@@H](CN)C1. The molecule has 0 spiro atoms. The normalized spacial score (nSPS) is 21.6. The summed E-state index contributed by atoms with van der Waals surface area (Å²) in [5.41, 5.74) is 6.33. The fourth-order valence-corrected chi connectivity index (χ4v) is 4.07. The molecule has 1 saturated heterocycles. The van der Waals surface area contributed by atoms with Gasteiger partial charge in [0.05, 0.1) is 5.69 Å². The smallest absolute Gasteiger partial charge is 0.260 e. The van der Waals surface area contributed by atoms with Crippen molar-refractivity contribution in [1.29, 1.82) is 0 Å². The van der Waals surface area contributed by atoms with Crippen molar-refractivity contribution >= 4 is 10.0 Å². The van der Waals surface area contributed by atoms with Gasteiger partial charge in [0, 0.05) is 19.6 Å². The van der Waals surface area contributed by atoms with E-state index in [-0.39, 0.29) is 5.92 Å². The molecule has 0 radical (unpaired) electrons. The lowest BCUT2D eigenvalue weighted by Gasteiger charge is -2.16. The van der Waals surface area contributed by atoms with E-state index >= 15 is 0 Å². The van der Waals surface area contributed by atoms with Crippen LogP contribution in [0.3, 0.4) is 0 Å². The standard InChI is InChI=1S/C11H20N4O2S/c1-3-15-11(6-9(2)13-15)18(16,17)14-5-4-10(7-12)8-14/h6,10H,3-5,7-8,12H2,1-2H3/t10-/m0/s1. The first-order valence-corrected chi connectivity index (χ1v) is 7.67. The minimum atomic E-state index is -3.43. The second-order valence-corrected chi connectivity index (χ2v) is 6.58. The van der Waals surface area contributed by atoms with Crippen molar-refractivity contribution in [1.82, 2.24) is 14.1 Å². The molecule has 1 fully saturated rings. The highest BCUT2D eigenvalue weighted by molar-refractivity contribution is 7.89. The lowest BCUT2D eigenvalue weighted by Crippen LogP contribution is -2.31. The summed E-state index contributed by atoms with van der Waals surface area (Å²) in [5.74, 6) is 0.277. The Morgan fingerprint density at radius 2 is 2.28 bits per heavy atom. The van der Waals surface area contributed by atoms with E-state index in [1.54, 1.807) is 17.7 Å². The quantitative estimate of drug-likeness (QED) is 0.848. The van der Waals surface area contributed by atoms with Crippen LogP contribution >= 0.6 is 0 Å². The van der Waals surface area contributed by atoms with Crippen molar-refractivity contribution in [3.05, 3.63) is 11.8 Å². The number of hydrogen-bond acceptors (Lipinski definition) is 4. The van der Waals surface area contributed by atoms with Crippen molar-refractivity contribution in [3.63, 3.8) is 0 Å². The third-order valence-corrected chi connectivity index (χ3v) is 5.22. The van der Waals surface area contributed by atoms with Crippen LogP contribution in [0, 0.1) is 12.8 Å². The van der Waals surface area contributed by atoms with Gasteiger partial charge in [-0.2, -0.15) is 9.40 Å². The minimum Gasteiger partial charge on any atom is -0.330 e. The molecule has 2 rings (SSSR count). The fourth-order valence-electron chi connectivity index (χ4n) is 2.30. The Kier molecular flexibility index (Phi) is 3.74. The molecule has 102 valence electrons. The summed E-state index contributed by atoms with van der Waals surface area (Å²) < 4.78 is 28.1. The number of aryl methyl sites for hydroxylation is 2. The average molecular weight is 272 g/mol. The summed E-state index contributed by atoms with van der Waals surface area (Å²) in [5, 5.41) is 4.48. The molecule has 7 heteroatoms. The lowest BCUT2D eigenvalue weighted by atomic mass is 10.1. The van der Waals surface area contributed by atoms with E-state index in [4.69, 9.17) is 5.73 Å². The molecule has 1 atom stereocenters. The van der Waals surface area contributed by atoms with Crippen molar-refractivity contribution in [2.24, 2.45) is 11.7 Å². The molecule has 0 aliphatic carbocycles. The third-order valence-electron chi connectivity index (χ3n) is 3.35. The van der Waals surface area contributed by atoms with E-state index in [0.717, 1.165) is 12.1 Å². The van der Waals surface area contributed by atoms with Gasteiger partial charge in [0.1, 0.15) is 0 Å². The Morgan fingerprint density at radius 1 is 1.56 bits per heavy atom. The maximum absolute atomic E-state index is 12.5. The molecule has 2 N–H and O–H groups in total. The van der Waals surface area contributed by atoms with E-state index in [1.807, 2.05) is 6.92 Å². The minimum absolute atomic E-state index is 0.277. The number of nitrogens with zero attached hydrogens (tertiary/aromatic N) is 3. The molecule has 0 bridgehead atoms. The van der Waals surface area contributed by atoms with Crippen LogP contribution in [0.15, 0.2) is 11.1 Å². The van der Waals surface area contributed by atoms with Gasteiger partial charge < -0.3 is 5.73 Å². The number of nitrogens with two attached hydrogens (primary N) is 1. The van der Waals surface area contributed by atoms with E-state index in [9.17, 15) is 8.42 Å². The average Bonchev–Trinajstić information content (AvgIpc) is 2.94. The maximum atomic E-state index is 12.5. The molecular formula is C11H20N4O2S. The zero-order valence-electron chi connectivity index (χ0n) is 10.8. The van der Waals surface area contributed by atoms with Crippen LogP contribution in [-0.2, 0) is 16.6 Å². The monoisotopic (exact) mass is 272 g/mol. The van der Waals surface area contributed by atoms with Crippen molar-refractivity contribution in [3.8, 4) is 0 Å². The Balaban J connectivity index is 2.31. The summed E-state index contributed by atoms with van der Waals surface area (Å²) >= 11 is 0. The molecule has 0 amide bonds. The Morgan fingerprint density at radius 3 is 2.83 bits per heavy atom. The predicted octanol–water partition coefficient (Wildman–Crippen LogP) is 0.181. The van der Waals surface area contributed by atoms with Gasteiger partial charge in [-0.15, -0.1) is 0 Å². The summed E-state index contributed by atoms with van der Waals surface area (Å²) in [6, 6.07) is 1.63. The van der Waals surface area contributed by atoms with Gasteiger partial charge >= 0.3 is 0 Å². The third kappa shape index (κ3) is 2.30. The van der Waals surface area contributed by atoms with Gasteiger partial charge in [-0.3, -0.25) is 4.68 Å². The van der Waals surface area contributed by atoms with Gasteiger partial charge in [0.25, 0.3) is 10.0 Å². The summed E-state index contributed by atoms with van der Waals surface area (Å²) in [4.78, 5) is 0. The molecule has 0 aromatic carbocycles. The number of sulfonamides is 1. The van der Waals surface area contributed by atoms with Crippen LogP contribution in [0.5, 0.6) is 0 Å². The van der Waals surface area contributed by atoms with Crippen LogP contribution in [-0.4, -0.2) is 42.1 Å². The van der Waals surface area contributed by atoms with Crippen LogP contribution in [0.4, 0.5) is 0 Å². The molecule has 0 saturated carbocycles. The van der Waals surface area contributed by atoms with E-state index in [1.165, 1.54) is 4.31 Å². The molecule has 6 nitrogen and oxygen atoms in total. The number of rotatable bonds is 4. The Bertz CT molecular complexity index is 523. The Hall–Kier alpha value is -0.920. The van der Waals surface area contributed by atoms with E-state index in [2.05, 4.69) is 5.10 Å². The summed E-state index contributed by atoms with van der Waals surface area (Å²) in [6.45, 7) is 5.86. The highest BCUT2D eigenvalue weighted by Gasteiger charge is 2.34. The Labute approximate surface area is 108 Å². The van der Waals surface area contributed by atoms with Crippen LogP contribution in [0.2, 0.25) is 0 Å². The highest BCUT2D eigenvalue weighted by atomic mass is 32.2. The van der Waals surface area contributed by atoms with Gasteiger partial charge in [-0.1, -0.05) is 0 Å². The zero-order valence-corrected chi connectivity index (χ0v) is 11.7. The first-order valence-electron chi connectivity index (χ1n) is 6.23. The maximum Gasteiger partial charge on any atom is 0.260 e. The van der Waals surface area contributed by atoms with Gasteiger partial charge in [0.15, 0.2) is 5.03 Å². The molecule has 1 aliphatic rings. The zero-order chi connectivity index (χ0) is 13.3. The topological polar surface area (TPSA) is 81.2 Å². The molecular weight excluding hydrogens is 252 g/mol. The lowest BCUT2D eigenvalue weighted by molar-refractivity contribution is 0.447. The van der Waals surface area contributed by atoms with Crippen molar-refractivity contribution in [2.75, 3.05) is 19.6 Å². The molecule has 2 heterocycles. The second kappa shape index (κ2) is 4.99. The fraction of sp³-hybridized carbons (Fsp3) is 0.727. The van der Waals surface area contributed by atoms with Gasteiger partial charge in [0.2, 0.25) is 0 Å². The van der Waals surface area contributed by atoms with Gasteiger partial charge in [-0.25, -0.2) is 8.42 Å². The molecule has 1 aliphatic heterocycles. The first kappa shape index (κ1) is 13.5. The van der Waals surface area contributed by atoms with Gasteiger partial charge in [-0.05, 0) is 38.8 Å². The molecule has 1 aromatic heterocycles. The van der Waals surface area contributed by atoms with E-state index < -0.39 is 10.0 Å². The summed E-state index contributed by atoms with van der Waals surface area (Å²) in [7, 11) is -3.43. The number of aromatic nitrogens is 2. The second-order valence-electron chi connectivity index (χ2n) is 4.69. The predicted molar refractivity (Wildman–Crippen MR) is 68.6 cm³/mol. The molecule has 18 heavy (non-hydrogen) atoms. The molecule has 0 unspecified atom stereocenters. The molecule has 1 aromatic rings. The number of hydrogen-bond donors (Lipinski definition) is 1. The van der Waals surface area contributed by atoms with Crippen molar-refractivity contribution < 1.29 is 8.42 Å². The van der Waals surface area contributed by atoms with Crippen LogP contribution < -0.4 is 5.73 Å². The van der Waals surface area contributed by atoms with Crippen LogP contribution in [0.25, 0.3) is 0 Å². The first-order chi connectivity index (χ1) is 8.48. The largest absolute Gasteiger partial charge is 0.330 e. The van der Waals surface area contributed by atoms with Crippen LogP contribution in [0.1, 0.15) is 19.0 Å². The van der Waals surface area contributed by atoms with Crippen molar-refractivity contribution in [2.45, 2.75) is 31.8 Å². The van der Waals surface area contributed by atoms with E-state index in [0.29, 0.717) is 31.2 Å². The summed E-state index contributed by atoms with van der Waals surface area (Å²) in [6.07, 6.45) is 0.842.